The second-order valence-electron chi connectivity index (χ2n) is 6.63. The Kier molecular flexibility index (Phi) is 3.71. The molecule has 1 unspecified atom stereocenters. The first-order valence-electron chi connectivity index (χ1n) is 7.91. The van der Waals surface area contributed by atoms with Gasteiger partial charge in [-0.15, -0.1) is 0 Å². The van der Waals surface area contributed by atoms with Crippen molar-refractivity contribution >= 4 is 0 Å². The standard InChI is InChI=1S/C21H24/c1-16-6-10-19(11-7-16)21(14-4-5-18(3)15-21)20-12-8-17(2)9-13-20/h4-13,18H,14-15H2,1-3H3. The van der Waals surface area contributed by atoms with E-state index in [-0.39, 0.29) is 5.41 Å². The fourth-order valence-electron chi connectivity index (χ4n) is 3.59. The molecule has 108 valence electrons. The molecule has 21 heavy (non-hydrogen) atoms. The normalized spacial score (nSPS) is 20.4. The zero-order valence-electron chi connectivity index (χ0n) is 13.3. The third-order valence-electron chi connectivity index (χ3n) is 4.81. The molecule has 2 aromatic carbocycles. The van der Waals surface area contributed by atoms with Crippen LogP contribution in [0.5, 0.6) is 0 Å². The van der Waals surface area contributed by atoms with Crippen LogP contribution in [0, 0.1) is 19.8 Å². The number of hydrogen-bond donors (Lipinski definition) is 0. The summed E-state index contributed by atoms with van der Waals surface area (Å²) in [4.78, 5) is 0. The predicted octanol–water partition coefficient (Wildman–Crippen LogP) is 5.58. The Morgan fingerprint density at radius 2 is 1.29 bits per heavy atom. The molecule has 1 aliphatic rings. The van der Waals surface area contributed by atoms with E-state index in [4.69, 9.17) is 0 Å². The van der Waals surface area contributed by atoms with Gasteiger partial charge in [0.05, 0.1) is 0 Å². The molecule has 0 aliphatic heterocycles. The van der Waals surface area contributed by atoms with Crippen LogP contribution in [0.3, 0.4) is 0 Å². The molecule has 0 heteroatoms. The highest BCUT2D eigenvalue weighted by atomic mass is 14.4. The van der Waals surface area contributed by atoms with Gasteiger partial charge in [-0.2, -0.15) is 0 Å². The molecule has 0 spiro atoms. The van der Waals surface area contributed by atoms with Crippen LogP contribution in [-0.4, -0.2) is 0 Å². The van der Waals surface area contributed by atoms with Crippen molar-refractivity contribution in [2.75, 3.05) is 0 Å². The van der Waals surface area contributed by atoms with Gasteiger partial charge < -0.3 is 0 Å². The highest BCUT2D eigenvalue weighted by Gasteiger charge is 2.36. The fourth-order valence-corrected chi connectivity index (χ4v) is 3.59. The van der Waals surface area contributed by atoms with Gasteiger partial charge >= 0.3 is 0 Å². The summed E-state index contributed by atoms with van der Waals surface area (Å²) in [6, 6.07) is 18.3. The number of benzene rings is 2. The first-order chi connectivity index (χ1) is 10.1. The largest absolute Gasteiger partial charge is 0.0870 e. The molecule has 0 saturated carbocycles. The summed E-state index contributed by atoms with van der Waals surface area (Å²) in [6.07, 6.45) is 7.02. The van der Waals surface area contributed by atoms with E-state index in [2.05, 4.69) is 81.5 Å². The predicted molar refractivity (Wildman–Crippen MR) is 90.7 cm³/mol. The quantitative estimate of drug-likeness (QED) is 0.628. The minimum Gasteiger partial charge on any atom is -0.0870 e. The smallest absolute Gasteiger partial charge is 0.0242 e. The van der Waals surface area contributed by atoms with E-state index in [0.29, 0.717) is 5.92 Å². The van der Waals surface area contributed by atoms with E-state index in [1.54, 1.807) is 0 Å². The third-order valence-corrected chi connectivity index (χ3v) is 4.81. The van der Waals surface area contributed by atoms with E-state index >= 15 is 0 Å². The second-order valence-corrected chi connectivity index (χ2v) is 6.63. The van der Waals surface area contributed by atoms with Gasteiger partial charge in [-0.1, -0.05) is 78.7 Å². The zero-order valence-corrected chi connectivity index (χ0v) is 13.3. The minimum absolute atomic E-state index is 0.134. The molecular weight excluding hydrogens is 252 g/mol. The van der Waals surface area contributed by atoms with Crippen molar-refractivity contribution in [3.8, 4) is 0 Å². The van der Waals surface area contributed by atoms with Gasteiger partial charge in [0.25, 0.3) is 0 Å². The fraction of sp³-hybridized carbons (Fsp3) is 0.333. The first-order valence-corrected chi connectivity index (χ1v) is 7.91. The summed E-state index contributed by atoms with van der Waals surface area (Å²) in [5.41, 5.74) is 5.70. The maximum absolute atomic E-state index is 2.37. The molecule has 3 rings (SSSR count). The highest BCUT2D eigenvalue weighted by molar-refractivity contribution is 5.43. The van der Waals surface area contributed by atoms with Crippen molar-refractivity contribution in [1.29, 1.82) is 0 Å². The lowest BCUT2D eigenvalue weighted by molar-refractivity contribution is 0.403. The lowest BCUT2D eigenvalue weighted by Crippen LogP contribution is -2.31. The van der Waals surface area contributed by atoms with E-state index < -0.39 is 0 Å². The molecule has 0 nitrogen and oxygen atoms in total. The molecule has 2 aromatic rings. The molecule has 1 atom stereocenters. The Bertz CT molecular complexity index is 583. The second kappa shape index (κ2) is 5.52. The van der Waals surface area contributed by atoms with Crippen molar-refractivity contribution in [2.24, 2.45) is 5.92 Å². The molecule has 0 heterocycles. The van der Waals surface area contributed by atoms with E-state index in [9.17, 15) is 0 Å². The lowest BCUT2D eigenvalue weighted by Gasteiger charge is -2.39. The molecule has 0 saturated heterocycles. The lowest BCUT2D eigenvalue weighted by atomic mass is 9.65. The summed E-state index contributed by atoms with van der Waals surface area (Å²) in [7, 11) is 0. The first kappa shape index (κ1) is 14.1. The third kappa shape index (κ3) is 2.68. The minimum atomic E-state index is 0.134. The van der Waals surface area contributed by atoms with Gasteiger partial charge in [0.2, 0.25) is 0 Å². The number of hydrogen-bond acceptors (Lipinski definition) is 0. The molecule has 0 fully saturated rings. The van der Waals surface area contributed by atoms with E-state index in [1.165, 1.54) is 28.7 Å². The molecular formula is C21H24. The van der Waals surface area contributed by atoms with Crippen LogP contribution in [0.1, 0.15) is 42.0 Å². The summed E-state index contributed by atoms with van der Waals surface area (Å²) in [5.74, 6) is 0.626. The number of aryl methyl sites for hydroxylation is 2. The SMILES string of the molecule is Cc1ccc(C2(c3ccc(C)cc3)CC=CC(C)C2)cc1. The van der Waals surface area contributed by atoms with Crippen LogP contribution in [0.4, 0.5) is 0 Å². The van der Waals surface area contributed by atoms with E-state index in [0.717, 1.165) is 6.42 Å². The molecule has 0 radical (unpaired) electrons. The van der Waals surface area contributed by atoms with Crippen LogP contribution in [-0.2, 0) is 5.41 Å². The van der Waals surface area contributed by atoms with Gasteiger partial charge in [-0.05, 0) is 43.7 Å². The van der Waals surface area contributed by atoms with Crippen molar-refractivity contribution in [1.82, 2.24) is 0 Å². The molecule has 0 bridgehead atoms. The summed E-state index contributed by atoms with van der Waals surface area (Å²) in [5, 5.41) is 0. The Morgan fingerprint density at radius 3 is 1.71 bits per heavy atom. The van der Waals surface area contributed by atoms with Gasteiger partial charge in [-0.25, -0.2) is 0 Å². The monoisotopic (exact) mass is 276 g/mol. The maximum Gasteiger partial charge on any atom is 0.0242 e. The molecule has 0 amide bonds. The van der Waals surface area contributed by atoms with Gasteiger partial charge in [0.15, 0.2) is 0 Å². The van der Waals surface area contributed by atoms with Crippen molar-refractivity contribution < 1.29 is 0 Å². The maximum atomic E-state index is 2.37. The van der Waals surface area contributed by atoms with Crippen LogP contribution < -0.4 is 0 Å². The van der Waals surface area contributed by atoms with E-state index in [1.807, 2.05) is 0 Å². The van der Waals surface area contributed by atoms with Crippen LogP contribution in [0.2, 0.25) is 0 Å². The van der Waals surface area contributed by atoms with Crippen molar-refractivity contribution in [3.05, 3.63) is 82.9 Å². The van der Waals surface area contributed by atoms with Crippen molar-refractivity contribution in [2.45, 2.75) is 39.0 Å². The van der Waals surface area contributed by atoms with Crippen LogP contribution >= 0.6 is 0 Å². The van der Waals surface area contributed by atoms with Crippen LogP contribution in [0.25, 0.3) is 0 Å². The van der Waals surface area contributed by atoms with Gasteiger partial charge in [0.1, 0.15) is 0 Å². The highest BCUT2D eigenvalue weighted by Crippen LogP contribution is 2.44. The summed E-state index contributed by atoms with van der Waals surface area (Å²) in [6.45, 7) is 6.64. The average molecular weight is 276 g/mol. The number of rotatable bonds is 2. The Hall–Kier alpha value is -1.82. The zero-order chi connectivity index (χ0) is 14.9. The topological polar surface area (TPSA) is 0 Å². The summed E-state index contributed by atoms with van der Waals surface area (Å²) >= 11 is 0. The van der Waals surface area contributed by atoms with Gasteiger partial charge in [-0.3, -0.25) is 0 Å². The van der Waals surface area contributed by atoms with Crippen molar-refractivity contribution in [3.63, 3.8) is 0 Å². The van der Waals surface area contributed by atoms with Crippen LogP contribution in [0.15, 0.2) is 60.7 Å². The Labute approximate surface area is 128 Å². The number of allylic oxidation sites excluding steroid dienone is 2. The molecule has 0 N–H and O–H groups in total. The Morgan fingerprint density at radius 1 is 0.810 bits per heavy atom. The Balaban J connectivity index is 2.13. The molecule has 1 aliphatic carbocycles. The van der Waals surface area contributed by atoms with Gasteiger partial charge in [0, 0.05) is 5.41 Å². The summed E-state index contributed by atoms with van der Waals surface area (Å²) < 4.78 is 0. The average Bonchev–Trinajstić information content (AvgIpc) is 2.48. The molecule has 0 aromatic heterocycles.